The van der Waals surface area contributed by atoms with Crippen LogP contribution in [0, 0.1) is 0 Å². The highest BCUT2D eigenvalue weighted by atomic mass is 35.5. The van der Waals surface area contributed by atoms with Gasteiger partial charge in [0.25, 0.3) is 10.0 Å². The number of hydrogen-bond acceptors (Lipinski definition) is 4. The zero-order valence-corrected chi connectivity index (χ0v) is 12.7. The molecule has 0 saturated heterocycles. The molecule has 0 bridgehead atoms. The van der Waals surface area contributed by atoms with Crippen LogP contribution in [-0.2, 0) is 17.1 Å². The molecule has 0 saturated carbocycles. The van der Waals surface area contributed by atoms with Crippen molar-refractivity contribution in [1.29, 1.82) is 0 Å². The maximum atomic E-state index is 12.4. The van der Waals surface area contributed by atoms with Crippen molar-refractivity contribution >= 4 is 38.8 Å². The second-order valence-electron chi connectivity index (χ2n) is 3.96. The van der Waals surface area contributed by atoms with Crippen LogP contribution in [0.5, 0.6) is 0 Å². The van der Waals surface area contributed by atoms with Crippen molar-refractivity contribution in [2.24, 2.45) is 12.8 Å². The van der Waals surface area contributed by atoms with Gasteiger partial charge >= 0.3 is 0 Å². The number of rotatable bonds is 5. The van der Waals surface area contributed by atoms with Gasteiger partial charge in [0.05, 0.1) is 16.2 Å². The number of halogens is 1. The minimum atomic E-state index is -3.72. The van der Waals surface area contributed by atoms with Crippen LogP contribution in [0.15, 0.2) is 11.2 Å². The monoisotopic (exact) mass is 310 g/mol. The minimum Gasteiger partial charge on any atom is -0.393 e. The topological polar surface area (TPSA) is 81.2 Å². The first-order chi connectivity index (χ1) is 8.17. The van der Waals surface area contributed by atoms with Crippen LogP contribution in [0.2, 0.25) is 5.02 Å². The first kappa shape index (κ1) is 15.4. The molecule has 0 aromatic carbocycles. The Kier molecular flexibility index (Phi) is 4.71. The highest BCUT2D eigenvalue weighted by Crippen LogP contribution is 2.24. The smallest absolute Gasteiger partial charge is 0.261 e. The molecular weight excluding hydrogens is 296 g/mol. The first-order valence-electron chi connectivity index (χ1n) is 5.11. The van der Waals surface area contributed by atoms with Gasteiger partial charge in [0, 0.05) is 26.6 Å². The molecule has 0 aliphatic heterocycles. The molecule has 1 rings (SSSR count). The quantitative estimate of drug-likeness (QED) is 0.812. The van der Waals surface area contributed by atoms with E-state index in [1.165, 1.54) is 29.3 Å². The third-order valence-electron chi connectivity index (χ3n) is 2.58. The first-order valence-corrected chi connectivity index (χ1v) is 7.34. The van der Waals surface area contributed by atoms with Gasteiger partial charge < -0.3 is 5.73 Å². The Morgan fingerprint density at radius 1 is 1.72 bits per heavy atom. The van der Waals surface area contributed by atoms with E-state index in [1.807, 2.05) is 0 Å². The molecule has 0 fully saturated rings. The molecule has 102 valence electrons. The summed E-state index contributed by atoms with van der Waals surface area (Å²) >= 11 is 10.6. The molecule has 0 aliphatic carbocycles. The van der Waals surface area contributed by atoms with Crippen LogP contribution in [0.4, 0.5) is 0 Å². The lowest BCUT2D eigenvalue weighted by Crippen LogP contribution is -2.38. The molecule has 1 aromatic rings. The molecule has 0 spiro atoms. The summed E-state index contributed by atoms with van der Waals surface area (Å²) in [6, 6.07) is -0.349. The number of hydrogen-bond donors (Lipinski definition) is 1. The zero-order valence-electron chi connectivity index (χ0n) is 10.3. The minimum absolute atomic E-state index is 0.0403. The van der Waals surface area contributed by atoms with Crippen molar-refractivity contribution in [2.75, 3.05) is 7.05 Å². The third kappa shape index (κ3) is 3.00. The van der Waals surface area contributed by atoms with Crippen LogP contribution < -0.4 is 5.73 Å². The van der Waals surface area contributed by atoms with Crippen LogP contribution in [0.3, 0.4) is 0 Å². The number of nitrogens with two attached hydrogens (primary N) is 1. The number of thiocarbonyl (C=S) groups is 1. The van der Waals surface area contributed by atoms with E-state index in [9.17, 15) is 8.42 Å². The molecule has 9 heteroatoms. The molecule has 0 aliphatic rings. The Labute approximate surface area is 117 Å². The highest BCUT2D eigenvalue weighted by Gasteiger charge is 2.30. The van der Waals surface area contributed by atoms with Crippen LogP contribution in [0.1, 0.15) is 13.3 Å². The lowest BCUT2D eigenvalue weighted by Gasteiger charge is -2.23. The fourth-order valence-corrected chi connectivity index (χ4v) is 3.68. The molecule has 6 nitrogen and oxygen atoms in total. The average molecular weight is 311 g/mol. The Hall–Kier alpha value is -0.700. The van der Waals surface area contributed by atoms with E-state index in [0.717, 1.165) is 0 Å². The van der Waals surface area contributed by atoms with E-state index >= 15 is 0 Å². The number of aryl methyl sites for hydroxylation is 1. The van der Waals surface area contributed by atoms with Crippen LogP contribution in [0.25, 0.3) is 0 Å². The number of nitrogens with zero attached hydrogens (tertiary/aromatic N) is 3. The van der Waals surface area contributed by atoms with Gasteiger partial charge in [-0.25, -0.2) is 8.42 Å². The van der Waals surface area contributed by atoms with Crippen molar-refractivity contribution in [2.45, 2.75) is 24.4 Å². The summed E-state index contributed by atoms with van der Waals surface area (Å²) in [5, 5.41) is 3.86. The van der Waals surface area contributed by atoms with Gasteiger partial charge in [0.15, 0.2) is 5.03 Å². The predicted octanol–water partition coefficient (Wildman–Crippen LogP) is 0.759. The van der Waals surface area contributed by atoms with Crippen LogP contribution in [-0.4, -0.2) is 40.6 Å². The SMILES string of the molecule is CC(CC(N)=S)N(C)S(=O)(=O)c1c(Cl)cnn1C. The van der Waals surface area contributed by atoms with Gasteiger partial charge in [-0.1, -0.05) is 23.8 Å². The molecule has 1 unspecified atom stereocenters. The summed E-state index contributed by atoms with van der Waals surface area (Å²) < 4.78 is 27.1. The van der Waals surface area contributed by atoms with Gasteiger partial charge in [-0.15, -0.1) is 0 Å². The van der Waals surface area contributed by atoms with Gasteiger partial charge in [-0.2, -0.15) is 9.40 Å². The second kappa shape index (κ2) is 5.52. The molecule has 1 heterocycles. The van der Waals surface area contributed by atoms with Crippen molar-refractivity contribution < 1.29 is 8.42 Å². The van der Waals surface area contributed by atoms with E-state index in [-0.39, 0.29) is 21.1 Å². The lowest BCUT2D eigenvalue weighted by atomic mass is 10.2. The molecule has 1 aromatic heterocycles. The van der Waals surface area contributed by atoms with Crippen molar-refractivity contribution in [3.05, 3.63) is 11.2 Å². The summed E-state index contributed by atoms with van der Waals surface area (Å²) in [5.41, 5.74) is 5.42. The molecular formula is C9H15ClN4O2S2. The molecule has 2 N–H and O–H groups in total. The summed E-state index contributed by atoms with van der Waals surface area (Å²) in [7, 11) is -0.737. The predicted molar refractivity (Wildman–Crippen MR) is 74.0 cm³/mol. The van der Waals surface area contributed by atoms with Crippen LogP contribution >= 0.6 is 23.8 Å². The largest absolute Gasteiger partial charge is 0.393 e. The maximum Gasteiger partial charge on any atom is 0.261 e. The van der Waals surface area contributed by atoms with E-state index in [4.69, 9.17) is 29.6 Å². The number of aromatic nitrogens is 2. The standard InChI is InChI=1S/C9H15ClN4O2S2/c1-6(4-8(11)17)14(3)18(15,16)9-7(10)5-12-13(9)2/h5-6H,4H2,1-3H3,(H2,11,17). The Morgan fingerprint density at radius 3 is 2.67 bits per heavy atom. The van der Waals surface area contributed by atoms with E-state index in [2.05, 4.69) is 5.10 Å². The van der Waals surface area contributed by atoms with Gasteiger partial charge in [-0.05, 0) is 6.92 Å². The van der Waals surface area contributed by atoms with E-state index in [1.54, 1.807) is 6.92 Å². The zero-order chi connectivity index (χ0) is 14.1. The third-order valence-corrected chi connectivity index (χ3v) is 5.23. The fraction of sp³-hybridized carbons (Fsp3) is 0.556. The van der Waals surface area contributed by atoms with E-state index in [0.29, 0.717) is 6.42 Å². The van der Waals surface area contributed by atoms with Crippen molar-refractivity contribution in [3.63, 3.8) is 0 Å². The van der Waals surface area contributed by atoms with Crippen molar-refractivity contribution in [3.8, 4) is 0 Å². The molecule has 1 atom stereocenters. The summed E-state index contributed by atoms with van der Waals surface area (Å²) in [4.78, 5) is 0.264. The lowest BCUT2D eigenvalue weighted by molar-refractivity contribution is 0.392. The van der Waals surface area contributed by atoms with Crippen molar-refractivity contribution in [1.82, 2.24) is 14.1 Å². The Bertz CT molecular complexity index is 535. The summed E-state index contributed by atoms with van der Waals surface area (Å²) in [5.74, 6) is 0. The second-order valence-corrected chi connectivity index (χ2v) is 6.81. The number of sulfonamides is 1. The van der Waals surface area contributed by atoms with Gasteiger partial charge in [0.1, 0.15) is 0 Å². The molecule has 0 amide bonds. The average Bonchev–Trinajstić information content (AvgIpc) is 2.56. The fourth-order valence-electron chi connectivity index (χ4n) is 1.48. The van der Waals surface area contributed by atoms with E-state index < -0.39 is 10.0 Å². The maximum absolute atomic E-state index is 12.4. The Balaban J connectivity index is 3.11. The normalized spacial score (nSPS) is 13.8. The molecule has 0 radical (unpaired) electrons. The summed E-state index contributed by atoms with van der Waals surface area (Å²) in [6.07, 6.45) is 1.60. The highest BCUT2D eigenvalue weighted by molar-refractivity contribution is 7.89. The summed E-state index contributed by atoms with van der Waals surface area (Å²) in [6.45, 7) is 1.72. The van der Waals surface area contributed by atoms with Gasteiger partial charge in [-0.3, -0.25) is 4.68 Å². The molecule has 18 heavy (non-hydrogen) atoms. The van der Waals surface area contributed by atoms with Gasteiger partial charge in [0.2, 0.25) is 0 Å². The Morgan fingerprint density at radius 2 is 2.28 bits per heavy atom.